The van der Waals surface area contributed by atoms with Gasteiger partial charge in [-0.15, -0.1) is 0 Å². The predicted octanol–water partition coefficient (Wildman–Crippen LogP) is 2.25. The van der Waals surface area contributed by atoms with E-state index in [1.54, 1.807) is 0 Å². The molecule has 0 aromatic heterocycles. The monoisotopic (exact) mass is 224 g/mol. The Hall–Kier alpha value is 0.759. The second kappa shape index (κ2) is 3.06. The van der Waals surface area contributed by atoms with Gasteiger partial charge >= 0.3 is 56.6 Å². The molecule has 0 amide bonds. The Labute approximate surface area is 56.8 Å². The summed E-state index contributed by atoms with van der Waals surface area (Å²) < 4.78 is 5.65. The number of hydrogen-bond donors (Lipinski definition) is 0. The van der Waals surface area contributed by atoms with Crippen LogP contribution in [0.5, 0.6) is 0 Å². The second-order valence-electron chi connectivity index (χ2n) is 3.28. The van der Waals surface area contributed by atoms with E-state index in [0.29, 0.717) is 6.10 Å². The molecule has 0 atom stereocenters. The van der Waals surface area contributed by atoms with Crippen LogP contribution in [0.3, 0.4) is 0 Å². The summed E-state index contributed by atoms with van der Waals surface area (Å²) >= 11 is -1.86. The van der Waals surface area contributed by atoms with Gasteiger partial charge in [0.15, 0.2) is 0 Å². The van der Waals surface area contributed by atoms with E-state index in [2.05, 4.69) is 28.7 Å². The van der Waals surface area contributed by atoms with Crippen LogP contribution in [0.4, 0.5) is 0 Å². The van der Waals surface area contributed by atoms with Crippen LogP contribution in [0.25, 0.3) is 0 Å². The molecule has 0 rings (SSSR count). The average Bonchev–Trinajstić information content (AvgIpc) is 1.21. The van der Waals surface area contributed by atoms with Crippen molar-refractivity contribution in [2.75, 3.05) is 0 Å². The van der Waals surface area contributed by atoms with Gasteiger partial charge in [0.1, 0.15) is 0 Å². The zero-order chi connectivity index (χ0) is 6.78. The first kappa shape index (κ1) is 8.76. The molecule has 0 saturated heterocycles. The van der Waals surface area contributed by atoms with Crippen molar-refractivity contribution in [1.29, 1.82) is 0 Å². The summed E-state index contributed by atoms with van der Waals surface area (Å²) in [4.78, 5) is 6.82. The van der Waals surface area contributed by atoms with Crippen molar-refractivity contribution in [3.05, 3.63) is 0 Å². The molecule has 8 heavy (non-hydrogen) atoms. The molecule has 0 aliphatic heterocycles. The number of hydrogen-bond acceptors (Lipinski definition) is 1. The molecule has 1 nitrogen and oxygen atoms in total. The van der Waals surface area contributed by atoms with Gasteiger partial charge in [0.25, 0.3) is 0 Å². The predicted molar refractivity (Wildman–Crippen MR) is 39.6 cm³/mol. The van der Waals surface area contributed by atoms with Crippen molar-refractivity contribution >= 4 is 18.8 Å². The minimum atomic E-state index is -1.86. The van der Waals surface area contributed by atoms with Crippen molar-refractivity contribution in [2.45, 2.75) is 34.8 Å². The average molecular weight is 223 g/mol. The standard InChI is InChI=1S/C3H7O.3CH3.Sn/c1-3(2)4;;;;/h3H,1-2H3;3*1H3;/q-1;;;;+1. The summed E-state index contributed by atoms with van der Waals surface area (Å²) in [6, 6.07) is 0. The van der Waals surface area contributed by atoms with E-state index in [1.807, 2.05) is 0 Å². The quantitative estimate of drug-likeness (QED) is 0.652. The van der Waals surface area contributed by atoms with Gasteiger partial charge in [0, 0.05) is 0 Å². The Kier molecular flexibility index (Phi) is 3.35. The molecule has 0 N–H and O–H groups in total. The molecule has 2 heteroatoms. The van der Waals surface area contributed by atoms with Crippen LogP contribution in [0.1, 0.15) is 13.8 Å². The van der Waals surface area contributed by atoms with Gasteiger partial charge in [-0.1, -0.05) is 0 Å². The molecule has 0 aromatic rings. The molecule has 50 valence electrons. The second-order valence-corrected chi connectivity index (χ2v) is 16.0. The fraction of sp³-hybridized carbons (Fsp3) is 1.00. The maximum atomic E-state index is 5.65. The molecule has 0 heterocycles. The molecular formula is C6H16OSn. The fourth-order valence-electron chi connectivity index (χ4n) is 0.707. The Bertz CT molecular complexity index is 63.4. The Morgan fingerprint density at radius 3 is 1.50 bits per heavy atom. The van der Waals surface area contributed by atoms with E-state index in [1.165, 1.54) is 0 Å². The molecule has 0 bridgehead atoms. The summed E-state index contributed by atoms with van der Waals surface area (Å²) in [6.07, 6.45) is 0.436. The van der Waals surface area contributed by atoms with Crippen molar-refractivity contribution in [3.8, 4) is 0 Å². The molecule has 0 unspecified atom stereocenters. The molecule has 0 saturated carbocycles. The van der Waals surface area contributed by atoms with Gasteiger partial charge in [-0.25, -0.2) is 0 Å². The summed E-state index contributed by atoms with van der Waals surface area (Å²) in [6.45, 7) is 4.20. The third-order valence-electron chi connectivity index (χ3n) is 0.589. The maximum absolute atomic E-state index is 5.65. The normalized spacial score (nSPS) is 12.8. The van der Waals surface area contributed by atoms with Crippen molar-refractivity contribution in [1.82, 2.24) is 0 Å². The molecular weight excluding hydrogens is 207 g/mol. The van der Waals surface area contributed by atoms with E-state index in [4.69, 9.17) is 3.07 Å². The zero-order valence-electron chi connectivity index (χ0n) is 6.49. The van der Waals surface area contributed by atoms with Crippen LogP contribution < -0.4 is 0 Å². The van der Waals surface area contributed by atoms with Gasteiger partial charge < -0.3 is 0 Å². The third kappa shape index (κ3) is 6.76. The molecule has 0 radical (unpaired) electrons. The Morgan fingerprint density at radius 2 is 1.50 bits per heavy atom. The summed E-state index contributed by atoms with van der Waals surface area (Å²) in [5.41, 5.74) is 0. The van der Waals surface area contributed by atoms with E-state index in [0.717, 1.165) is 0 Å². The van der Waals surface area contributed by atoms with Gasteiger partial charge in [-0.2, -0.15) is 0 Å². The Balaban J connectivity index is 3.39. The first-order chi connectivity index (χ1) is 3.42. The van der Waals surface area contributed by atoms with Gasteiger partial charge in [-0.05, 0) is 0 Å². The molecule has 0 aromatic carbocycles. The topological polar surface area (TPSA) is 9.23 Å². The first-order valence-electron chi connectivity index (χ1n) is 3.09. The van der Waals surface area contributed by atoms with Crippen LogP contribution in [0.15, 0.2) is 0 Å². The van der Waals surface area contributed by atoms with E-state index < -0.39 is 18.8 Å². The summed E-state index contributed by atoms with van der Waals surface area (Å²) in [5, 5.41) is 0. The molecule has 0 aliphatic carbocycles. The van der Waals surface area contributed by atoms with Crippen molar-refractivity contribution in [2.24, 2.45) is 0 Å². The van der Waals surface area contributed by atoms with E-state index in [9.17, 15) is 0 Å². The number of rotatable bonds is 2. The van der Waals surface area contributed by atoms with E-state index >= 15 is 0 Å². The third-order valence-corrected chi connectivity index (χ3v) is 3.95. The van der Waals surface area contributed by atoms with Crippen molar-refractivity contribution < 1.29 is 3.07 Å². The SMILES string of the molecule is CC(C)[O][Sn]([CH3])([CH3])[CH3]. The van der Waals surface area contributed by atoms with Gasteiger partial charge in [0.05, 0.1) is 0 Å². The molecule has 0 aliphatic rings. The van der Waals surface area contributed by atoms with Crippen LogP contribution in [0, 0.1) is 0 Å². The zero-order valence-corrected chi connectivity index (χ0v) is 9.34. The fourth-order valence-corrected chi connectivity index (χ4v) is 4.74. The van der Waals surface area contributed by atoms with Crippen molar-refractivity contribution in [3.63, 3.8) is 0 Å². The van der Waals surface area contributed by atoms with Crippen LogP contribution in [-0.2, 0) is 3.07 Å². The van der Waals surface area contributed by atoms with E-state index in [-0.39, 0.29) is 0 Å². The Morgan fingerprint density at radius 1 is 1.12 bits per heavy atom. The van der Waals surface area contributed by atoms with Gasteiger partial charge in [-0.3, -0.25) is 0 Å². The van der Waals surface area contributed by atoms with Crippen LogP contribution in [-0.4, -0.2) is 24.9 Å². The minimum absolute atomic E-state index is 0.436. The van der Waals surface area contributed by atoms with Gasteiger partial charge in [0.2, 0.25) is 0 Å². The first-order valence-corrected chi connectivity index (χ1v) is 12.8. The van der Waals surface area contributed by atoms with Crippen LogP contribution >= 0.6 is 0 Å². The summed E-state index contributed by atoms with van der Waals surface area (Å²) in [5.74, 6) is 0. The summed E-state index contributed by atoms with van der Waals surface area (Å²) in [7, 11) is 0. The van der Waals surface area contributed by atoms with Crippen LogP contribution in [0.2, 0.25) is 14.8 Å². The molecule has 0 spiro atoms. The molecule has 0 fully saturated rings.